The van der Waals surface area contributed by atoms with Crippen LogP contribution in [0, 0.1) is 24.6 Å². The van der Waals surface area contributed by atoms with Gasteiger partial charge in [-0.1, -0.05) is 29.8 Å². The van der Waals surface area contributed by atoms with Crippen LogP contribution in [0.25, 0.3) is 0 Å². The van der Waals surface area contributed by atoms with E-state index in [0.29, 0.717) is 23.7 Å². The molecule has 140 valence electrons. The van der Waals surface area contributed by atoms with Crippen LogP contribution in [0.2, 0.25) is 5.15 Å². The summed E-state index contributed by atoms with van der Waals surface area (Å²) in [5.41, 5.74) is 2.16. The summed E-state index contributed by atoms with van der Waals surface area (Å²) in [5.74, 6) is -2.40. The zero-order chi connectivity index (χ0) is 19.6. The van der Waals surface area contributed by atoms with Crippen LogP contribution in [0.4, 0.5) is 15.8 Å². The van der Waals surface area contributed by atoms with Crippen LogP contribution in [0.15, 0.2) is 48.7 Å². The molecule has 2 amide bonds. The van der Waals surface area contributed by atoms with Crippen molar-refractivity contribution in [2.45, 2.75) is 19.8 Å². The van der Waals surface area contributed by atoms with Gasteiger partial charge in [0, 0.05) is 0 Å². The summed E-state index contributed by atoms with van der Waals surface area (Å²) in [6.45, 7) is 5.68. The summed E-state index contributed by atoms with van der Waals surface area (Å²) >= 11 is 5.74. The van der Waals surface area contributed by atoms with Crippen molar-refractivity contribution in [3.8, 4) is 0 Å². The van der Waals surface area contributed by atoms with Gasteiger partial charge in [0.25, 0.3) is 0 Å². The van der Waals surface area contributed by atoms with Gasteiger partial charge in [-0.25, -0.2) is 9.37 Å². The predicted octanol–water partition coefficient (Wildman–Crippen LogP) is 4.34. The number of nitrogens with one attached hydrogen (secondary N) is 2. The molecule has 2 aromatic rings. The number of allylic oxidation sites excluding steroid dienone is 1. The van der Waals surface area contributed by atoms with Crippen molar-refractivity contribution in [3.63, 3.8) is 0 Å². The number of nitrogens with zero attached hydrogens (tertiary/aromatic N) is 1. The molecule has 5 nitrogen and oxygen atoms in total. The Morgan fingerprint density at radius 2 is 1.81 bits per heavy atom. The maximum absolute atomic E-state index is 14.0. The van der Waals surface area contributed by atoms with Crippen molar-refractivity contribution >= 4 is 34.8 Å². The van der Waals surface area contributed by atoms with Crippen molar-refractivity contribution in [2.75, 3.05) is 10.6 Å². The minimum Gasteiger partial charge on any atom is -0.324 e. The quantitative estimate of drug-likeness (QED) is 0.605. The molecule has 2 atom stereocenters. The van der Waals surface area contributed by atoms with Gasteiger partial charge in [0.15, 0.2) is 0 Å². The van der Waals surface area contributed by atoms with E-state index in [2.05, 4.69) is 22.2 Å². The second-order valence-corrected chi connectivity index (χ2v) is 7.09. The fourth-order valence-electron chi connectivity index (χ4n) is 3.17. The van der Waals surface area contributed by atoms with E-state index in [9.17, 15) is 14.0 Å². The van der Waals surface area contributed by atoms with Crippen LogP contribution in [-0.2, 0) is 9.59 Å². The van der Waals surface area contributed by atoms with Crippen LogP contribution in [0.5, 0.6) is 0 Å². The number of rotatable bonds is 4. The number of aryl methyl sites for hydroxylation is 1. The van der Waals surface area contributed by atoms with Gasteiger partial charge < -0.3 is 10.6 Å². The Labute approximate surface area is 161 Å². The maximum atomic E-state index is 14.0. The number of amides is 2. The molecule has 0 radical (unpaired) electrons. The smallest absolute Gasteiger partial charge is 0.228 e. The number of anilines is 2. The number of aromatic nitrogens is 1. The summed E-state index contributed by atoms with van der Waals surface area (Å²) in [7, 11) is 0. The second kappa shape index (κ2) is 7.88. The molecule has 1 aromatic carbocycles. The maximum Gasteiger partial charge on any atom is 0.228 e. The van der Waals surface area contributed by atoms with Gasteiger partial charge in [0.05, 0.1) is 29.4 Å². The van der Waals surface area contributed by atoms with E-state index in [4.69, 9.17) is 11.6 Å². The summed E-state index contributed by atoms with van der Waals surface area (Å²) in [6, 6.07) is 7.77. The first-order valence-corrected chi connectivity index (χ1v) is 8.87. The molecule has 0 bridgehead atoms. The number of benzene rings is 1. The molecule has 1 aromatic heterocycles. The van der Waals surface area contributed by atoms with Crippen molar-refractivity contribution in [1.82, 2.24) is 4.98 Å². The third-order valence-corrected chi connectivity index (χ3v) is 4.78. The SMILES string of the molecule is C=C1CC(C(=O)Nc2ccc(Cl)nc2)[C@@H](C(=O)Nc2ccc(C)cc2F)C1. The number of hydrogen-bond acceptors (Lipinski definition) is 3. The van der Waals surface area contributed by atoms with E-state index < -0.39 is 23.6 Å². The molecule has 1 heterocycles. The Morgan fingerprint density at radius 3 is 2.41 bits per heavy atom. The number of carbonyl (C=O) groups is 2. The lowest BCUT2D eigenvalue weighted by atomic mass is 9.94. The van der Waals surface area contributed by atoms with E-state index >= 15 is 0 Å². The normalized spacial score (nSPS) is 19.0. The van der Waals surface area contributed by atoms with Gasteiger partial charge >= 0.3 is 0 Å². The van der Waals surface area contributed by atoms with Crippen LogP contribution >= 0.6 is 11.6 Å². The summed E-state index contributed by atoms with van der Waals surface area (Å²) in [4.78, 5) is 29.3. The monoisotopic (exact) mass is 387 g/mol. The molecule has 2 N–H and O–H groups in total. The zero-order valence-electron chi connectivity index (χ0n) is 14.8. The minimum absolute atomic E-state index is 0.101. The minimum atomic E-state index is -0.613. The first-order valence-electron chi connectivity index (χ1n) is 8.49. The van der Waals surface area contributed by atoms with Crippen molar-refractivity contribution < 1.29 is 14.0 Å². The first-order chi connectivity index (χ1) is 12.8. The third-order valence-electron chi connectivity index (χ3n) is 4.55. The Balaban J connectivity index is 1.72. The molecule has 1 unspecified atom stereocenters. The Kier molecular flexibility index (Phi) is 5.56. The Bertz CT molecular complexity index is 899. The molecule has 1 fully saturated rings. The summed E-state index contributed by atoms with van der Waals surface area (Å²) in [5, 5.41) is 5.65. The van der Waals surface area contributed by atoms with Gasteiger partial charge in [-0.15, -0.1) is 0 Å². The number of pyridine rings is 1. The highest BCUT2D eigenvalue weighted by Crippen LogP contribution is 2.37. The Morgan fingerprint density at radius 1 is 1.15 bits per heavy atom. The van der Waals surface area contributed by atoms with Crippen LogP contribution in [0.3, 0.4) is 0 Å². The van der Waals surface area contributed by atoms with Gasteiger partial charge in [0.1, 0.15) is 11.0 Å². The Hall–Kier alpha value is -2.73. The summed E-state index contributed by atoms with van der Waals surface area (Å²) < 4.78 is 14.0. The lowest BCUT2D eigenvalue weighted by Crippen LogP contribution is -2.33. The third kappa shape index (κ3) is 4.52. The second-order valence-electron chi connectivity index (χ2n) is 6.70. The first kappa shape index (κ1) is 19.0. The highest BCUT2D eigenvalue weighted by Gasteiger charge is 2.39. The zero-order valence-corrected chi connectivity index (χ0v) is 15.5. The highest BCUT2D eigenvalue weighted by molar-refractivity contribution is 6.29. The van der Waals surface area contributed by atoms with E-state index in [-0.39, 0.29) is 11.6 Å². The molecule has 0 saturated heterocycles. The number of halogens is 2. The van der Waals surface area contributed by atoms with Gasteiger partial charge in [-0.2, -0.15) is 0 Å². The molecular weight excluding hydrogens is 369 g/mol. The lowest BCUT2D eigenvalue weighted by molar-refractivity contribution is -0.128. The van der Waals surface area contributed by atoms with E-state index in [0.717, 1.165) is 11.1 Å². The number of hydrogen-bond donors (Lipinski definition) is 2. The average molecular weight is 388 g/mol. The van der Waals surface area contributed by atoms with E-state index in [1.165, 1.54) is 18.3 Å². The van der Waals surface area contributed by atoms with Crippen molar-refractivity contribution in [2.24, 2.45) is 11.8 Å². The van der Waals surface area contributed by atoms with E-state index in [1.807, 2.05) is 0 Å². The lowest BCUT2D eigenvalue weighted by Gasteiger charge is -2.18. The molecule has 0 spiro atoms. The molecule has 7 heteroatoms. The van der Waals surface area contributed by atoms with Crippen molar-refractivity contribution in [1.29, 1.82) is 0 Å². The average Bonchev–Trinajstić information content (AvgIpc) is 3.01. The topological polar surface area (TPSA) is 71.1 Å². The van der Waals surface area contributed by atoms with E-state index in [1.54, 1.807) is 25.1 Å². The number of carbonyl (C=O) groups excluding carboxylic acids is 2. The van der Waals surface area contributed by atoms with Gasteiger partial charge in [-0.05, 0) is 49.6 Å². The molecule has 1 aliphatic rings. The largest absolute Gasteiger partial charge is 0.324 e. The van der Waals surface area contributed by atoms with Crippen LogP contribution < -0.4 is 10.6 Å². The fraction of sp³-hybridized carbons (Fsp3) is 0.250. The molecule has 3 rings (SSSR count). The van der Waals surface area contributed by atoms with Crippen LogP contribution in [-0.4, -0.2) is 16.8 Å². The molecule has 1 saturated carbocycles. The van der Waals surface area contributed by atoms with Crippen molar-refractivity contribution in [3.05, 3.63) is 65.2 Å². The highest BCUT2D eigenvalue weighted by atomic mass is 35.5. The molecule has 1 aliphatic carbocycles. The molecular formula is C20H19ClFN3O2. The fourth-order valence-corrected chi connectivity index (χ4v) is 3.28. The standard InChI is InChI=1S/C20H19ClFN3O2/c1-11-3-5-17(16(22)9-11)25-20(27)15-8-12(2)7-14(15)19(26)24-13-4-6-18(21)23-10-13/h3-6,9-10,14-15H,2,7-8H2,1H3,(H,24,26)(H,25,27)/t14?,15-/m0/s1. The predicted molar refractivity (Wildman–Crippen MR) is 103 cm³/mol. The van der Waals surface area contributed by atoms with Gasteiger partial charge in [0.2, 0.25) is 11.8 Å². The molecule has 27 heavy (non-hydrogen) atoms. The van der Waals surface area contributed by atoms with Crippen LogP contribution in [0.1, 0.15) is 18.4 Å². The van der Waals surface area contributed by atoms with Gasteiger partial charge in [-0.3, -0.25) is 9.59 Å². The molecule has 0 aliphatic heterocycles. The summed E-state index contributed by atoms with van der Waals surface area (Å²) in [6.07, 6.45) is 2.23.